The first-order valence-corrected chi connectivity index (χ1v) is 7.83. The molecule has 0 bridgehead atoms. The first kappa shape index (κ1) is 19.5. The van der Waals surface area contributed by atoms with E-state index in [-0.39, 0.29) is 24.8 Å². The van der Waals surface area contributed by atoms with Crippen molar-refractivity contribution in [2.45, 2.75) is 18.4 Å². The van der Waals surface area contributed by atoms with Gasteiger partial charge in [0.05, 0.1) is 12.2 Å². The highest BCUT2D eigenvalue weighted by atomic mass is 19.4. The highest BCUT2D eigenvalue weighted by molar-refractivity contribution is 5.81. The Morgan fingerprint density at radius 1 is 1.44 bits per heavy atom. The smallest absolute Gasteiger partial charge is 0.416 e. The lowest BCUT2D eigenvalue weighted by molar-refractivity contribution is -0.145. The molecule has 6 nitrogen and oxygen atoms in total. The number of alkyl halides is 3. The first-order chi connectivity index (χ1) is 11.8. The summed E-state index contributed by atoms with van der Waals surface area (Å²) >= 11 is 0. The third-order valence-corrected chi connectivity index (χ3v) is 3.69. The van der Waals surface area contributed by atoms with Crippen LogP contribution < -0.4 is 10.1 Å². The second-order valence-electron chi connectivity index (χ2n) is 5.77. The van der Waals surface area contributed by atoms with Gasteiger partial charge in [0.15, 0.2) is 0 Å². The van der Waals surface area contributed by atoms with Gasteiger partial charge in [0, 0.05) is 26.7 Å². The summed E-state index contributed by atoms with van der Waals surface area (Å²) in [5.74, 6) is -0.0402. The average Bonchev–Trinajstić information content (AvgIpc) is 2.59. The molecule has 1 aromatic rings. The standard InChI is InChI=1S/C16H21F3N2O4/c1-21(15(23)14-8-20-6-7-24-14)9-12(22)10-25-13-4-2-11(3-5-13)16(17,18)19/h2-5,12,14,20,22H,6-10H2,1H3/t12?,14-/m1/s1. The number of hydrogen-bond donors (Lipinski definition) is 2. The number of hydrogen-bond acceptors (Lipinski definition) is 5. The molecule has 1 amide bonds. The summed E-state index contributed by atoms with van der Waals surface area (Å²) in [5, 5.41) is 13.0. The predicted molar refractivity (Wildman–Crippen MR) is 83.2 cm³/mol. The monoisotopic (exact) mass is 362 g/mol. The zero-order valence-corrected chi connectivity index (χ0v) is 13.8. The largest absolute Gasteiger partial charge is 0.491 e. The minimum absolute atomic E-state index is 0.0271. The topological polar surface area (TPSA) is 71.0 Å². The van der Waals surface area contributed by atoms with Crippen molar-refractivity contribution in [3.8, 4) is 5.75 Å². The van der Waals surface area contributed by atoms with Crippen molar-refractivity contribution in [2.24, 2.45) is 0 Å². The number of nitrogens with zero attached hydrogens (tertiary/aromatic N) is 1. The van der Waals surface area contributed by atoms with Gasteiger partial charge in [-0.2, -0.15) is 13.2 Å². The van der Waals surface area contributed by atoms with E-state index in [4.69, 9.17) is 9.47 Å². The van der Waals surface area contributed by atoms with Crippen LogP contribution in [0.25, 0.3) is 0 Å². The van der Waals surface area contributed by atoms with E-state index in [1.165, 1.54) is 17.0 Å². The maximum absolute atomic E-state index is 12.5. The number of ether oxygens (including phenoxy) is 2. The van der Waals surface area contributed by atoms with E-state index in [1.54, 1.807) is 7.05 Å². The molecule has 1 aliphatic rings. The fourth-order valence-electron chi connectivity index (χ4n) is 2.36. The summed E-state index contributed by atoms with van der Waals surface area (Å²) in [5.41, 5.74) is -0.771. The van der Waals surface area contributed by atoms with Crippen LogP contribution in [0.15, 0.2) is 24.3 Å². The fraction of sp³-hybridized carbons (Fsp3) is 0.562. The Morgan fingerprint density at radius 2 is 2.12 bits per heavy atom. The molecule has 0 radical (unpaired) electrons. The molecule has 0 spiro atoms. The highest BCUT2D eigenvalue weighted by Gasteiger charge is 2.30. The minimum Gasteiger partial charge on any atom is -0.491 e. The number of carbonyl (C=O) groups excluding carboxylic acids is 1. The van der Waals surface area contributed by atoms with Crippen LogP contribution in [0.5, 0.6) is 5.75 Å². The maximum Gasteiger partial charge on any atom is 0.416 e. The van der Waals surface area contributed by atoms with Crippen molar-refractivity contribution in [3.63, 3.8) is 0 Å². The van der Waals surface area contributed by atoms with E-state index in [9.17, 15) is 23.1 Å². The van der Waals surface area contributed by atoms with Gasteiger partial charge in [-0.3, -0.25) is 4.79 Å². The van der Waals surface area contributed by atoms with E-state index in [0.29, 0.717) is 19.7 Å². The number of aliphatic hydroxyl groups is 1. The molecule has 1 saturated heterocycles. The Hall–Kier alpha value is -1.84. The van der Waals surface area contributed by atoms with Crippen LogP contribution in [0, 0.1) is 0 Å². The zero-order valence-electron chi connectivity index (χ0n) is 13.8. The Kier molecular flexibility index (Phi) is 6.63. The second-order valence-corrected chi connectivity index (χ2v) is 5.77. The van der Waals surface area contributed by atoms with E-state index < -0.39 is 23.9 Å². The van der Waals surface area contributed by atoms with Crippen LogP contribution in [0.3, 0.4) is 0 Å². The number of halogens is 3. The Balaban J connectivity index is 1.77. The van der Waals surface area contributed by atoms with Gasteiger partial charge in [-0.15, -0.1) is 0 Å². The lowest BCUT2D eigenvalue weighted by atomic mass is 10.2. The molecule has 2 N–H and O–H groups in total. The summed E-state index contributed by atoms with van der Waals surface area (Å²) in [4.78, 5) is 13.5. The van der Waals surface area contributed by atoms with Crippen LogP contribution in [-0.2, 0) is 15.7 Å². The van der Waals surface area contributed by atoms with Crippen LogP contribution in [0.2, 0.25) is 0 Å². The number of morpholine rings is 1. The van der Waals surface area contributed by atoms with Crippen LogP contribution in [0.1, 0.15) is 5.56 Å². The van der Waals surface area contributed by atoms with Gasteiger partial charge in [0.25, 0.3) is 5.91 Å². The normalized spacial score (nSPS) is 19.3. The maximum atomic E-state index is 12.5. The van der Waals surface area contributed by atoms with Crippen molar-refractivity contribution in [1.82, 2.24) is 10.2 Å². The van der Waals surface area contributed by atoms with Gasteiger partial charge in [-0.1, -0.05) is 0 Å². The van der Waals surface area contributed by atoms with Crippen LogP contribution in [0.4, 0.5) is 13.2 Å². The molecule has 1 fully saturated rings. The van der Waals surface area contributed by atoms with E-state index in [0.717, 1.165) is 12.1 Å². The van der Waals surface area contributed by atoms with Gasteiger partial charge < -0.3 is 24.8 Å². The number of likely N-dealkylation sites (N-methyl/N-ethyl adjacent to an activating group) is 1. The highest BCUT2D eigenvalue weighted by Crippen LogP contribution is 2.30. The molecular weight excluding hydrogens is 341 g/mol. The molecule has 2 rings (SSSR count). The second kappa shape index (κ2) is 8.50. The fourth-order valence-corrected chi connectivity index (χ4v) is 2.36. The zero-order chi connectivity index (χ0) is 18.4. The third kappa shape index (κ3) is 5.87. The molecule has 1 heterocycles. The summed E-state index contributed by atoms with van der Waals surface area (Å²) in [6, 6.07) is 4.19. The molecule has 9 heteroatoms. The van der Waals surface area contributed by atoms with Crippen molar-refractivity contribution < 1.29 is 32.5 Å². The van der Waals surface area contributed by atoms with Crippen LogP contribution in [-0.4, -0.2) is 68.0 Å². The third-order valence-electron chi connectivity index (χ3n) is 3.69. The quantitative estimate of drug-likeness (QED) is 0.787. The molecule has 0 aliphatic carbocycles. The Labute approximate surface area is 143 Å². The average molecular weight is 362 g/mol. The summed E-state index contributed by atoms with van der Waals surface area (Å²) in [6.07, 6.45) is -5.97. The molecular formula is C16H21F3N2O4. The van der Waals surface area contributed by atoms with E-state index in [1.807, 2.05) is 0 Å². The Bertz CT molecular complexity index is 559. The van der Waals surface area contributed by atoms with Gasteiger partial charge >= 0.3 is 6.18 Å². The first-order valence-electron chi connectivity index (χ1n) is 7.83. The SMILES string of the molecule is CN(CC(O)COc1ccc(C(F)(F)F)cc1)C(=O)[C@H]1CNCCO1. The molecule has 25 heavy (non-hydrogen) atoms. The lowest BCUT2D eigenvalue weighted by Crippen LogP contribution is -2.50. The van der Waals surface area contributed by atoms with Crippen molar-refractivity contribution in [1.29, 1.82) is 0 Å². The number of nitrogens with one attached hydrogen (secondary N) is 1. The Morgan fingerprint density at radius 3 is 2.68 bits per heavy atom. The number of amides is 1. The van der Waals surface area contributed by atoms with Crippen LogP contribution >= 0.6 is 0 Å². The molecule has 140 valence electrons. The van der Waals surface area contributed by atoms with Crippen molar-refractivity contribution in [2.75, 3.05) is 39.9 Å². The van der Waals surface area contributed by atoms with Gasteiger partial charge in [-0.05, 0) is 24.3 Å². The van der Waals surface area contributed by atoms with Gasteiger partial charge in [0.2, 0.25) is 0 Å². The lowest BCUT2D eigenvalue weighted by Gasteiger charge is -2.28. The summed E-state index contributed by atoms with van der Waals surface area (Å²) < 4.78 is 48.0. The number of benzene rings is 1. The molecule has 0 aromatic heterocycles. The number of carbonyl (C=O) groups is 1. The molecule has 1 aromatic carbocycles. The van der Waals surface area contributed by atoms with E-state index >= 15 is 0 Å². The van der Waals surface area contributed by atoms with Gasteiger partial charge in [-0.25, -0.2) is 0 Å². The molecule has 0 saturated carbocycles. The van der Waals surface area contributed by atoms with Gasteiger partial charge in [0.1, 0.15) is 24.6 Å². The predicted octanol–water partition coefficient (Wildman–Crippen LogP) is 0.892. The number of aliphatic hydroxyl groups excluding tert-OH is 1. The summed E-state index contributed by atoms with van der Waals surface area (Å²) in [7, 11) is 1.54. The van der Waals surface area contributed by atoms with Crippen molar-refractivity contribution >= 4 is 5.91 Å². The van der Waals surface area contributed by atoms with Crippen molar-refractivity contribution in [3.05, 3.63) is 29.8 Å². The van der Waals surface area contributed by atoms with E-state index in [2.05, 4.69) is 5.32 Å². The molecule has 1 unspecified atom stereocenters. The molecule has 2 atom stereocenters. The summed E-state index contributed by atoms with van der Waals surface area (Å²) in [6.45, 7) is 1.44. The molecule has 1 aliphatic heterocycles. The minimum atomic E-state index is -4.41. The number of rotatable bonds is 6.